The number of aliphatic carboxylic acids is 1. The molecule has 0 spiro atoms. The fraction of sp³-hybridized carbons (Fsp3) is 0.700. The summed E-state index contributed by atoms with van der Waals surface area (Å²) < 4.78 is 0. The van der Waals surface area contributed by atoms with Gasteiger partial charge in [0.15, 0.2) is 5.82 Å². The first-order chi connectivity index (χ1) is 8.90. The summed E-state index contributed by atoms with van der Waals surface area (Å²) in [6, 6.07) is -1.96. The van der Waals surface area contributed by atoms with Gasteiger partial charge in [0.2, 0.25) is 0 Å². The molecule has 1 aromatic rings. The summed E-state index contributed by atoms with van der Waals surface area (Å²) >= 11 is 0. The third-order valence-electron chi connectivity index (χ3n) is 2.41. The van der Waals surface area contributed by atoms with E-state index in [0.29, 0.717) is 12.2 Å². The van der Waals surface area contributed by atoms with Crippen molar-refractivity contribution in [3.8, 4) is 0 Å². The van der Waals surface area contributed by atoms with Gasteiger partial charge in [-0.25, -0.2) is 9.59 Å². The van der Waals surface area contributed by atoms with Gasteiger partial charge in [-0.3, -0.25) is 0 Å². The number of tetrazole rings is 1. The molecule has 1 aromatic heterocycles. The number of urea groups is 1. The highest BCUT2D eigenvalue weighted by molar-refractivity contribution is 5.82. The average Bonchev–Trinajstić information content (AvgIpc) is 2.80. The molecule has 0 saturated heterocycles. The van der Waals surface area contributed by atoms with Gasteiger partial charge in [0.1, 0.15) is 6.04 Å². The highest BCUT2D eigenvalue weighted by Gasteiger charge is 2.22. The molecule has 2 amide bonds. The van der Waals surface area contributed by atoms with Crippen molar-refractivity contribution in [1.29, 1.82) is 0 Å². The van der Waals surface area contributed by atoms with Gasteiger partial charge >= 0.3 is 12.0 Å². The van der Waals surface area contributed by atoms with Crippen LogP contribution in [0.15, 0.2) is 0 Å². The Hall–Kier alpha value is -2.19. The fourth-order valence-corrected chi connectivity index (χ4v) is 1.51. The average molecular weight is 270 g/mol. The third-order valence-corrected chi connectivity index (χ3v) is 2.41. The van der Waals surface area contributed by atoms with E-state index in [4.69, 9.17) is 5.11 Å². The minimum absolute atomic E-state index is 0.163. The van der Waals surface area contributed by atoms with Crippen molar-refractivity contribution in [2.45, 2.75) is 39.3 Å². The molecule has 0 fully saturated rings. The second-order valence-electron chi connectivity index (χ2n) is 4.63. The Balaban J connectivity index is 2.51. The molecule has 0 bridgehead atoms. The van der Waals surface area contributed by atoms with Crippen LogP contribution in [-0.4, -0.2) is 43.8 Å². The number of amides is 2. The second-order valence-corrected chi connectivity index (χ2v) is 4.63. The Bertz CT molecular complexity index is 419. The molecule has 1 heterocycles. The minimum atomic E-state index is -1.06. The molecular formula is C10H18N6O3. The smallest absolute Gasteiger partial charge is 0.326 e. The summed E-state index contributed by atoms with van der Waals surface area (Å²) in [5, 5.41) is 27.1. The van der Waals surface area contributed by atoms with Gasteiger partial charge in [-0.05, 0) is 19.3 Å². The van der Waals surface area contributed by atoms with Gasteiger partial charge in [0.25, 0.3) is 0 Å². The van der Waals surface area contributed by atoms with Crippen molar-refractivity contribution in [2.75, 3.05) is 0 Å². The quantitative estimate of drug-likeness (QED) is 0.577. The molecule has 0 saturated carbocycles. The molecular weight excluding hydrogens is 252 g/mol. The van der Waals surface area contributed by atoms with Crippen LogP contribution in [0.5, 0.6) is 0 Å². The molecule has 9 nitrogen and oxygen atoms in total. The first kappa shape index (κ1) is 14.9. The summed E-state index contributed by atoms with van der Waals surface area (Å²) in [7, 11) is 0. The molecule has 1 rings (SSSR count). The molecule has 0 radical (unpaired) electrons. The second kappa shape index (κ2) is 6.66. The van der Waals surface area contributed by atoms with Crippen molar-refractivity contribution in [2.24, 2.45) is 5.92 Å². The zero-order valence-electron chi connectivity index (χ0n) is 11.0. The normalized spacial score (nSPS) is 13.9. The molecule has 9 heteroatoms. The Morgan fingerprint density at radius 1 is 1.32 bits per heavy atom. The lowest BCUT2D eigenvalue weighted by Crippen LogP contribution is -2.47. The predicted molar refractivity (Wildman–Crippen MR) is 65.1 cm³/mol. The van der Waals surface area contributed by atoms with Crippen molar-refractivity contribution in [3.63, 3.8) is 0 Å². The highest BCUT2D eigenvalue weighted by atomic mass is 16.4. The van der Waals surface area contributed by atoms with Gasteiger partial charge in [0, 0.05) is 0 Å². The molecule has 4 N–H and O–H groups in total. The number of H-pyrrole nitrogens is 1. The molecule has 0 aromatic carbocycles. The van der Waals surface area contributed by atoms with E-state index < -0.39 is 24.1 Å². The van der Waals surface area contributed by atoms with Gasteiger partial charge in [0.05, 0.1) is 6.04 Å². The Morgan fingerprint density at radius 3 is 2.47 bits per heavy atom. The zero-order valence-corrected chi connectivity index (χ0v) is 11.0. The molecule has 0 aliphatic carbocycles. The molecule has 0 aliphatic heterocycles. The summed E-state index contributed by atoms with van der Waals surface area (Å²) in [5.41, 5.74) is 0. The Labute approximate surface area is 110 Å². The number of hydrogen-bond acceptors (Lipinski definition) is 5. The van der Waals surface area contributed by atoms with Gasteiger partial charge < -0.3 is 15.7 Å². The van der Waals surface area contributed by atoms with E-state index in [1.807, 2.05) is 13.8 Å². The maximum Gasteiger partial charge on any atom is 0.326 e. The van der Waals surface area contributed by atoms with Crippen molar-refractivity contribution in [3.05, 3.63) is 5.82 Å². The van der Waals surface area contributed by atoms with E-state index in [1.54, 1.807) is 6.92 Å². The third kappa shape index (κ3) is 4.90. The lowest BCUT2D eigenvalue weighted by Gasteiger charge is -2.18. The molecule has 1 unspecified atom stereocenters. The van der Waals surface area contributed by atoms with Crippen molar-refractivity contribution in [1.82, 2.24) is 31.3 Å². The molecule has 2 atom stereocenters. The van der Waals surface area contributed by atoms with E-state index in [0.717, 1.165) is 0 Å². The summed E-state index contributed by atoms with van der Waals surface area (Å²) in [6.07, 6.45) is 0.360. The number of carbonyl (C=O) groups is 2. The predicted octanol–water partition coefficient (Wildman–Crippen LogP) is 0.0592. The van der Waals surface area contributed by atoms with Crippen molar-refractivity contribution < 1.29 is 14.7 Å². The lowest BCUT2D eigenvalue weighted by molar-refractivity contribution is -0.139. The van der Waals surface area contributed by atoms with Crippen LogP contribution in [0.3, 0.4) is 0 Å². The maximum absolute atomic E-state index is 11.7. The number of hydrogen-bond donors (Lipinski definition) is 4. The summed E-state index contributed by atoms with van der Waals surface area (Å²) in [4.78, 5) is 22.7. The number of nitrogens with one attached hydrogen (secondary N) is 3. The largest absolute Gasteiger partial charge is 0.480 e. The first-order valence-corrected chi connectivity index (χ1v) is 5.93. The summed E-state index contributed by atoms with van der Waals surface area (Å²) in [5.74, 6) is -0.571. The molecule has 0 aliphatic rings. The SMILES string of the molecule is CC(C)C[C@H](NC(=O)NC(C)c1nn[nH]n1)C(=O)O. The van der Waals surface area contributed by atoms with Crippen LogP contribution in [0.4, 0.5) is 4.79 Å². The first-order valence-electron chi connectivity index (χ1n) is 5.93. The number of carbonyl (C=O) groups excluding carboxylic acids is 1. The minimum Gasteiger partial charge on any atom is -0.480 e. The number of aromatic nitrogens is 4. The van der Waals surface area contributed by atoms with E-state index in [-0.39, 0.29) is 5.92 Å². The van der Waals surface area contributed by atoms with Crippen LogP contribution in [-0.2, 0) is 4.79 Å². The lowest BCUT2D eigenvalue weighted by atomic mass is 10.0. The van der Waals surface area contributed by atoms with Crippen molar-refractivity contribution >= 4 is 12.0 Å². The van der Waals surface area contributed by atoms with E-state index in [2.05, 4.69) is 31.3 Å². The van der Waals surface area contributed by atoms with Crippen LogP contribution >= 0.6 is 0 Å². The molecule has 106 valence electrons. The van der Waals surface area contributed by atoms with Crippen LogP contribution < -0.4 is 10.6 Å². The van der Waals surface area contributed by atoms with E-state index >= 15 is 0 Å². The van der Waals surface area contributed by atoms with Crippen LogP contribution in [0, 0.1) is 5.92 Å². The number of carboxylic acids is 1. The van der Waals surface area contributed by atoms with Crippen LogP contribution in [0.2, 0.25) is 0 Å². The topological polar surface area (TPSA) is 133 Å². The van der Waals surface area contributed by atoms with Crippen LogP contribution in [0.1, 0.15) is 39.1 Å². The number of rotatable bonds is 6. The Morgan fingerprint density at radius 2 is 2.00 bits per heavy atom. The number of carboxylic acid groups (broad SMARTS) is 1. The van der Waals surface area contributed by atoms with Gasteiger partial charge in [-0.1, -0.05) is 19.1 Å². The zero-order chi connectivity index (χ0) is 14.4. The molecule has 19 heavy (non-hydrogen) atoms. The van der Waals surface area contributed by atoms with E-state index in [1.165, 1.54) is 0 Å². The number of aromatic amines is 1. The number of nitrogens with zero attached hydrogens (tertiary/aromatic N) is 3. The van der Waals surface area contributed by atoms with Crippen LogP contribution in [0.25, 0.3) is 0 Å². The fourth-order valence-electron chi connectivity index (χ4n) is 1.51. The summed E-state index contributed by atoms with van der Waals surface area (Å²) in [6.45, 7) is 5.44. The maximum atomic E-state index is 11.7. The monoisotopic (exact) mass is 270 g/mol. The standard InChI is InChI=1S/C10H18N6O3/c1-5(2)4-7(9(17)18)12-10(19)11-6(3)8-13-15-16-14-8/h5-7H,4H2,1-3H3,(H,17,18)(H2,11,12,19)(H,13,14,15,16)/t6?,7-/m0/s1. The highest BCUT2D eigenvalue weighted by Crippen LogP contribution is 2.06. The van der Waals surface area contributed by atoms with E-state index in [9.17, 15) is 9.59 Å². The Kier molecular flexibility index (Phi) is 5.22. The van der Waals surface area contributed by atoms with Gasteiger partial charge in [-0.2, -0.15) is 5.21 Å². The van der Waals surface area contributed by atoms with Gasteiger partial charge in [-0.15, -0.1) is 10.2 Å².